The van der Waals surface area contributed by atoms with E-state index < -0.39 is 0 Å². The van der Waals surface area contributed by atoms with Gasteiger partial charge in [0.1, 0.15) is 0 Å². The number of fused-ring (bicyclic) bond motifs is 1. The normalized spacial score (nSPS) is 24.4. The fourth-order valence-electron chi connectivity index (χ4n) is 3.34. The van der Waals surface area contributed by atoms with Crippen molar-refractivity contribution in [3.8, 4) is 0 Å². The molecule has 3 rings (SSSR count). The van der Waals surface area contributed by atoms with Gasteiger partial charge >= 0.3 is 0 Å². The van der Waals surface area contributed by atoms with Crippen molar-refractivity contribution in [3.05, 3.63) is 18.2 Å². The van der Waals surface area contributed by atoms with Crippen LogP contribution in [0.5, 0.6) is 0 Å². The van der Waals surface area contributed by atoms with Gasteiger partial charge in [0.25, 0.3) is 0 Å². The Morgan fingerprint density at radius 2 is 2.42 bits per heavy atom. The maximum absolute atomic E-state index is 12.3. The van der Waals surface area contributed by atoms with E-state index in [1.54, 1.807) is 0 Å². The zero-order chi connectivity index (χ0) is 13.3. The lowest BCUT2D eigenvalue weighted by atomic mass is 9.67. The lowest BCUT2D eigenvalue weighted by Gasteiger charge is -2.41. The van der Waals surface area contributed by atoms with Crippen molar-refractivity contribution in [2.24, 2.45) is 11.3 Å². The molecule has 0 saturated heterocycles. The highest BCUT2D eigenvalue weighted by atomic mass is 16.1. The largest absolute Gasteiger partial charge is 0.355 e. The molecule has 19 heavy (non-hydrogen) atoms. The number of rotatable bonds is 4. The molecule has 2 aliphatic rings. The van der Waals surface area contributed by atoms with E-state index in [-0.39, 0.29) is 11.8 Å². The molecule has 1 atom stereocenters. The number of hydrogen-bond donors (Lipinski definition) is 1. The highest BCUT2D eigenvalue weighted by Gasteiger charge is 2.36. The van der Waals surface area contributed by atoms with Gasteiger partial charge in [0, 0.05) is 37.3 Å². The molecule has 4 heteroatoms. The molecule has 1 fully saturated rings. The molecular formula is C15H23N3O. The Morgan fingerprint density at radius 1 is 1.58 bits per heavy atom. The number of carbonyl (C=O) groups is 1. The SMILES string of the molecule is CCC1(CNC(=O)[C@H]2CCn3cncc3C2)CCC1. The zero-order valence-electron chi connectivity index (χ0n) is 11.7. The second-order valence-corrected chi connectivity index (χ2v) is 6.19. The van der Waals surface area contributed by atoms with Gasteiger partial charge in [-0.1, -0.05) is 13.3 Å². The number of aryl methyl sites for hydroxylation is 1. The fourth-order valence-corrected chi connectivity index (χ4v) is 3.34. The molecule has 4 nitrogen and oxygen atoms in total. The van der Waals surface area contributed by atoms with Gasteiger partial charge in [-0.05, 0) is 31.1 Å². The van der Waals surface area contributed by atoms with E-state index in [1.807, 2.05) is 12.5 Å². The zero-order valence-corrected chi connectivity index (χ0v) is 11.7. The predicted octanol–water partition coefficient (Wildman–Crippen LogP) is 2.14. The Balaban J connectivity index is 1.54. The molecule has 1 aliphatic heterocycles. The Morgan fingerprint density at radius 3 is 3.11 bits per heavy atom. The molecule has 0 spiro atoms. The van der Waals surface area contributed by atoms with Crippen molar-refractivity contribution in [2.75, 3.05) is 6.54 Å². The predicted molar refractivity (Wildman–Crippen MR) is 73.6 cm³/mol. The number of aromatic nitrogens is 2. The number of imidazole rings is 1. The van der Waals surface area contributed by atoms with Gasteiger partial charge in [-0.2, -0.15) is 0 Å². The summed E-state index contributed by atoms with van der Waals surface area (Å²) in [4.78, 5) is 16.4. The second kappa shape index (κ2) is 4.99. The number of hydrogen-bond acceptors (Lipinski definition) is 2. The number of amides is 1. The minimum atomic E-state index is 0.137. The lowest BCUT2D eigenvalue weighted by Crippen LogP contribution is -2.44. The van der Waals surface area contributed by atoms with E-state index in [2.05, 4.69) is 21.8 Å². The van der Waals surface area contributed by atoms with Crippen LogP contribution in [0.15, 0.2) is 12.5 Å². The molecule has 2 heterocycles. The van der Waals surface area contributed by atoms with Gasteiger partial charge in [0.05, 0.1) is 6.33 Å². The van der Waals surface area contributed by atoms with Crippen molar-refractivity contribution in [1.29, 1.82) is 0 Å². The van der Waals surface area contributed by atoms with E-state index in [4.69, 9.17) is 0 Å². The maximum atomic E-state index is 12.3. The molecular weight excluding hydrogens is 238 g/mol. The van der Waals surface area contributed by atoms with Crippen LogP contribution < -0.4 is 5.32 Å². The molecule has 1 aliphatic carbocycles. The first-order valence-electron chi connectivity index (χ1n) is 7.49. The van der Waals surface area contributed by atoms with Crippen molar-refractivity contribution in [1.82, 2.24) is 14.9 Å². The third kappa shape index (κ3) is 2.40. The van der Waals surface area contributed by atoms with E-state index in [1.165, 1.54) is 31.4 Å². The summed E-state index contributed by atoms with van der Waals surface area (Å²) in [6, 6.07) is 0. The van der Waals surface area contributed by atoms with Crippen LogP contribution in [-0.2, 0) is 17.8 Å². The van der Waals surface area contributed by atoms with Crippen molar-refractivity contribution in [2.45, 2.75) is 52.0 Å². The molecule has 1 aromatic rings. The third-order valence-corrected chi connectivity index (χ3v) is 5.15. The molecule has 0 unspecified atom stereocenters. The average Bonchev–Trinajstić information content (AvgIpc) is 2.84. The molecule has 0 bridgehead atoms. The fraction of sp³-hybridized carbons (Fsp3) is 0.733. The third-order valence-electron chi connectivity index (χ3n) is 5.15. The van der Waals surface area contributed by atoms with Gasteiger partial charge in [0.2, 0.25) is 5.91 Å². The molecule has 104 valence electrons. The quantitative estimate of drug-likeness (QED) is 0.902. The minimum Gasteiger partial charge on any atom is -0.355 e. The minimum absolute atomic E-state index is 0.137. The van der Waals surface area contributed by atoms with E-state index in [0.29, 0.717) is 5.41 Å². The van der Waals surface area contributed by atoms with Crippen LogP contribution in [0.2, 0.25) is 0 Å². The Bertz CT molecular complexity index is 456. The van der Waals surface area contributed by atoms with E-state index in [9.17, 15) is 4.79 Å². The summed E-state index contributed by atoms with van der Waals surface area (Å²) in [6.07, 6.45) is 10.6. The van der Waals surface area contributed by atoms with E-state index in [0.717, 1.165) is 25.9 Å². The summed E-state index contributed by atoms with van der Waals surface area (Å²) < 4.78 is 2.16. The standard InChI is InChI=1S/C15H23N3O/c1-2-15(5-3-6-15)10-17-14(19)12-4-7-18-11-16-9-13(18)8-12/h9,11-12H,2-8,10H2,1H3,(H,17,19)/t12-/m0/s1. The molecule has 0 radical (unpaired) electrons. The van der Waals surface area contributed by atoms with Crippen LogP contribution in [-0.4, -0.2) is 22.0 Å². The summed E-state index contributed by atoms with van der Waals surface area (Å²) in [7, 11) is 0. The summed E-state index contributed by atoms with van der Waals surface area (Å²) in [5, 5.41) is 3.20. The first-order valence-corrected chi connectivity index (χ1v) is 7.49. The van der Waals surface area contributed by atoms with Gasteiger partial charge in [-0.3, -0.25) is 4.79 Å². The average molecular weight is 261 g/mol. The lowest BCUT2D eigenvalue weighted by molar-refractivity contribution is -0.126. The summed E-state index contributed by atoms with van der Waals surface area (Å²) in [5.74, 6) is 0.380. The van der Waals surface area contributed by atoms with Crippen LogP contribution in [0.1, 0.15) is 44.7 Å². The Labute approximate surface area is 114 Å². The topological polar surface area (TPSA) is 46.9 Å². The maximum Gasteiger partial charge on any atom is 0.223 e. The monoisotopic (exact) mass is 261 g/mol. The van der Waals surface area contributed by atoms with Crippen LogP contribution in [0.4, 0.5) is 0 Å². The van der Waals surface area contributed by atoms with Crippen molar-refractivity contribution >= 4 is 5.91 Å². The first-order chi connectivity index (χ1) is 9.22. The first kappa shape index (κ1) is 12.7. The van der Waals surface area contributed by atoms with Crippen LogP contribution >= 0.6 is 0 Å². The smallest absolute Gasteiger partial charge is 0.223 e. The van der Waals surface area contributed by atoms with Gasteiger partial charge in [0.15, 0.2) is 0 Å². The summed E-state index contributed by atoms with van der Waals surface area (Å²) in [5.41, 5.74) is 1.60. The second-order valence-electron chi connectivity index (χ2n) is 6.19. The van der Waals surface area contributed by atoms with Gasteiger partial charge in [-0.25, -0.2) is 4.98 Å². The van der Waals surface area contributed by atoms with Crippen molar-refractivity contribution in [3.63, 3.8) is 0 Å². The number of carbonyl (C=O) groups excluding carboxylic acids is 1. The van der Waals surface area contributed by atoms with Crippen LogP contribution in [0.3, 0.4) is 0 Å². The van der Waals surface area contributed by atoms with Crippen LogP contribution in [0.25, 0.3) is 0 Å². The molecule has 1 saturated carbocycles. The number of nitrogens with one attached hydrogen (secondary N) is 1. The molecule has 1 amide bonds. The highest BCUT2D eigenvalue weighted by Crippen LogP contribution is 2.43. The van der Waals surface area contributed by atoms with Gasteiger partial charge < -0.3 is 9.88 Å². The van der Waals surface area contributed by atoms with Crippen LogP contribution in [0, 0.1) is 11.3 Å². The van der Waals surface area contributed by atoms with E-state index >= 15 is 0 Å². The Kier molecular flexibility index (Phi) is 3.33. The highest BCUT2D eigenvalue weighted by molar-refractivity contribution is 5.79. The van der Waals surface area contributed by atoms with Crippen molar-refractivity contribution < 1.29 is 4.79 Å². The number of nitrogens with zero attached hydrogens (tertiary/aromatic N) is 2. The summed E-state index contributed by atoms with van der Waals surface area (Å²) >= 11 is 0. The Hall–Kier alpha value is -1.32. The molecule has 1 aromatic heterocycles. The summed E-state index contributed by atoms with van der Waals surface area (Å²) in [6.45, 7) is 4.04. The molecule has 0 aromatic carbocycles. The van der Waals surface area contributed by atoms with Gasteiger partial charge in [-0.15, -0.1) is 0 Å². The molecule has 1 N–H and O–H groups in total.